The average molecular weight is 650 g/mol. The van der Waals surface area contributed by atoms with Crippen LogP contribution in [0.25, 0.3) is 0 Å². The van der Waals surface area contributed by atoms with Gasteiger partial charge in [-0.2, -0.15) is 22.0 Å². The first kappa shape index (κ1) is 35.1. The number of Topliss-reactive ketones (excluding diaryl/α,β-unsaturated/α-hetero) is 1. The number of ketones is 1. The van der Waals surface area contributed by atoms with Crippen LogP contribution in [0.4, 0.5) is 26.3 Å². The van der Waals surface area contributed by atoms with Gasteiger partial charge >= 0.3 is 18.1 Å². The number of benzene rings is 1. The zero-order valence-electron chi connectivity index (χ0n) is 24.0. The SMILES string of the molecule is C=CC(F)(F)C(=NC1CCC(C)(C(=O)O)CC1)C(=CN)C(=O)N(CC(=O)c1c(Cl)cccc1C(F)(F)F)CC1(F)CCCC1. The fourth-order valence-corrected chi connectivity index (χ4v) is 5.90. The van der Waals surface area contributed by atoms with Crippen LogP contribution in [-0.2, 0) is 15.8 Å². The maximum Gasteiger partial charge on any atom is 0.417 e. The first-order valence-electron chi connectivity index (χ1n) is 14.0. The minimum absolute atomic E-state index is 0.0271. The number of hydrogen-bond donors (Lipinski definition) is 2. The van der Waals surface area contributed by atoms with Gasteiger partial charge in [-0.3, -0.25) is 19.4 Å². The van der Waals surface area contributed by atoms with Crippen molar-refractivity contribution in [2.75, 3.05) is 13.1 Å². The summed E-state index contributed by atoms with van der Waals surface area (Å²) in [5.74, 6) is -7.63. The van der Waals surface area contributed by atoms with E-state index in [9.17, 15) is 32.7 Å². The number of carboxylic acid groups (broad SMARTS) is 1. The lowest BCUT2D eigenvalue weighted by Crippen LogP contribution is -2.47. The van der Waals surface area contributed by atoms with Crippen molar-refractivity contribution in [3.05, 3.63) is 58.8 Å². The Bertz CT molecular complexity index is 1350. The zero-order chi connectivity index (χ0) is 33.1. The summed E-state index contributed by atoms with van der Waals surface area (Å²) in [6.45, 7) is 2.72. The van der Waals surface area contributed by atoms with Gasteiger partial charge in [0.15, 0.2) is 5.78 Å². The number of halogens is 7. The van der Waals surface area contributed by atoms with Gasteiger partial charge in [-0.1, -0.05) is 37.1 Å². The molecule has 44 heavy (non-hydrogen) atoms. The number of amides is 1. The Labute approximate surface area is 255 Å². The molecule has 0 bridgehead atoms. The molecule has 7 nitrogen and oxygen atoms in total. The Balaban J connectivity index is 2.04. The third-order valence-corrected chi connectivity index (χ3v) is 8.62. The van der Waals surface area contributed by atoms with E-state index in [-0.39, 0.29) is 44.6 Å². The lowest BCUT2D eigenvalue weighted by Gasteiger charge is -2.33. The smallest absolute Gasteiger partial charge is 0.417 e. The Morgan fingerprint density at radius 3 is 2.23 bits per heavy atom. The van der Waals surface area contributed by atoms with Gasteiger partial charge in [0.25, 0.3) is 5.91 Å². The normalized spacial score (nSPS) is 22.9. The van der Waals surface area contributed by atoms with Crippen LogP contribution >= 0.6 is 11.6 Å². The van der Waals surface area contributed by atoms with Crippen molar-refractivity contribution in [3.63, 3.8) is 0 Å². The van der Waals surface area contributed by atoms with Crippen LogP contribution in [0.15, 0.2) is 47.6 Å². The zero-order valence-corrected chi connectivity index (χ0v) is 24.8. The molecular formula is C30H34ClF6N3O4. The van der Waals surface area contributed by atoms with Crippen LogP contribution in [0.3, 0.4) is 0 Å². The third-order valence-electron chi connectivity index (χ3n) is 8.30. The molecule has 1 amide bonds. The average Bonchev–Trinajstić information content (AvgIpc) is 3.38. The summed E-state index contributed by atoms with van der Waals surface area (Å²) in [5.41, 5.74) is -1.82. The van der Waals surface area contributed by atoms with E-state index in [1.165, 1.54) is 6.92 Å². The van der Waals surface area contributed by atoms with E-state index >= 15 is 13.2 Å². The van der Waals surface area contributed by atoms with Crippen LogP contribution in [0.1, 0.15) is 74.2 Å². The molecule has 242 valence electrons. The van der Waals surface area contributed by atoms with E-state index in [4.69, 9.17) is 17.3 Å². The molecule has 2 aliphatic carbocycles. The number of alkyl halides is 6. The van der Waals surface area contributed by atoms with Gasteiger partial charge in [0.1, 0.15) is 11.4 Å². The number of allylic oxidation sites excluding steroid dienone is 1. The highest BCUT2D eigenvalue weighted by molar-refractivity contribution is 6.34. The number of carboxylic acids is 1. The molecule has 0 aliphatic heterocycles. The van der Waals surface area contributed by atoms with Gasteiger partial charge in [0.2, 0.25) is 0 Å². The Morgan fingerprint density at radius 1 is 1.14 bits per heavy atom. The van der Waals surface area contributed by atoms with Crippen molar-refractivity contribution in [2.24, 2.45) is 16.1 Å². The molecule has 0 aromatic heterocycles. The lowest BCUT2D eigenvalue weighted by atomic mass is 9.74. The van der Waals surface area contributed by atoms with E-state index < -0.39 is 87.4 Å². The summed E-state index contributed by atoms with van der Waals surface area (Å²) in [6, 6.07) is 1.82. The molecule has 3 rings (SSSR count). The van der Waals surface area contributed by atoms with E-state index in [1.54, 1.807) is 0 Å². The largest absolute Gasteiger partial charge is 0.481 e. The fraction of sp³-hybridized carbons (Fsp3) is 0.533. The second-order valence-corrected chi connectivity index (χ2v) is 12.0. The third kappa shape index (κ3) is 7.83. The van der Waals surface area contributed by atoms with E-state index in [0.29, 0.717) is 30.0 Å². The predicted octanol–water partition coefficient (Wildman–Crippen LogP) is 6.79. The summed E-state index contributed by atoms with van der Waals surface area (Å²) >= 11 is 5.96. The van der Waals surface area contributed by atoms with Crippen LogP contribution in [0.5, 0.6) is 0 Å². The van der Waals surface area contributed by atoms with Crippen molar-refractivity contribution in [1.82, 2.24) is 4.90 Å². The van der Waals surface area contributed by atoms with Crippen molar-refractivity contribution < 1.29 is 45.8 Å². The maximum absolute atomic E-state index is 15.7. The van der Waals surface area contributed by atoms with Crippen molar-refractivity contribution in [3.8, 4) is 0 Å². The highest BCUT2D eigenvalue weighted by atomic mass is 35.5. The number of nitrogens with two attached hydrogens (primary N) is 1. The van der Waals surface area contributed by atoms with E-state index in [1.807, 2.05) is 0 Å². The molecule has 0 spiro atoms. The first-order valence-corrected chi connectivity index (χ1v) is 14.4. The number of hydrogen-bond acceptors (Lipinski definition) is 5. The highest BCUT2D eigenvalue weighted by Crippen LogP contribution is 2.39. The van der Waals surface area contributed by atoms with Gasteiger partial charge in [-0.25, -0.2) is 4.39 Å². The molecule has 0 unspecified atom stereocenters. The molecule has 0 atom stereocenters. The van der Waals surface area contributed by atoms with Crippen molar-refractivity contribution >= 4 is 35.0 Å². The van der Waals surface area contributed by atoms with Gasteiger partial charge in [-0.05, 0) is 63.7 Å². The molecule has 3 N–H and O–H groups in total. The molecule has 2 fully saturated rings. The molecule has 0 heterocycles. The number of carbonyl (C=O) groups is 3. The molecule has 1 aromatic carbocycles. The van der Waals surface area contributed by atoms with Gasteiger partial charge in [-0.15, -0.1) is 0 Å². The van der Waals surface area contributed by atoms with E-state index in [0.717, 1.165) is 12.1 Å². The Morgan fingerprint density at radius 2 is 1.73 bits per heavy atom. The fourth-order valence-electron chi connectivity index (χ4n) is 5.62. The molecule has 2 aliphatic rings. The Hall–Kier alpha value is -3.35. The molecular weight excluding hydrogens is 616 g/mol. The van der Waals surface area contributed by atoms with Crippen LogP contribution in [0.2, 0.25) is 5.02 Å². The van der Waals surface area contributed by atoms with Gasteiger partial charge in [0.05, 0.1) is 46.3 Å². The summed E-state index contributed by atoms with van der Waals surface area (Å²) in [7, 11) is 0. The summed E-state index contributed by atoms with van der Waals surface area (Å²) < 4.78 is 87.4. The second kappa shape index (κ2) is 13.3. The first-order chi connectivity index (χ1) is 20.4. The minimum atomic E-state index is -5.00. The topological polar surface area (TPSA) is 113 Å². The summed E-state index contributed by atoms with van der Waals surface area (Å²) in [5, 5.41) is 8.93. The molecule has 0 radical (unpaired) electrons. The number of nitrogens with zero attached hydrogens (tertiary/aromatic N) is 2. The molecule has 0 saturated heterocycles. The number of carbonyl (C=O) groups excluding carboxylic acids is 2. The molecule has 1 aromatic rings. The van der Waals surface area contributed by atoms with Crippen LogP contribution in [0, 0.1) is 5.41 Å². The van der Waals surface area contributed by atoms with Crippen molar-refractivity contribution in [1.29, 1.82) is 0 Å². The number of aliphatic carboxylic acids is 1. The standard InChI is InChI=1S/C30H34ClF6N3O4/c1-3-29(33,34)24(39-18-9-13-27(2,14-10-18)26(43)44)19(15-38)25(42)40(17-28(32)11-4-5-12-28)16-22(41)23-20(30(35,36)37)7-6-8-21(23)31/h3,6-8,15,18H,1,4-5,9-14,16-17,38H2,2H3,(H,43,44). The number of aliphatic imine (C=N–C) groups is 1. The van der Waals surface area contributed by atoms with Gasteiger partial charge < -0.3 is 15.7 Å². The monoisotopic (exact) mass is 649 g/mol. The second-order valence-electron chi connectivity index (χ2n) is 11.6. The summed E-state index contributed by atoms with van der Waals surface area (Å²) in [6.07, 6.45) is -3.02. The molecule has 2 saturated carbocycles. The van der Waals surface area contributed by atoms with Crippen molar-refractivity contribution in [2.45, 2.75) is 82.1 Å². The van der Waals surface area contributed by atoms with Gasteiger partial charge in [0, 0.05) is 6.20 Å². The highest BCUT2D eigenvalue weighted by Gasteiger charge is 2.44. The summed E-state index contributed by atoms with van der Waals surface area (Å²) in [4.78, 5) is 43.4. The predicted molar refractivity (Wildman–Crippen MR) is 153 cm³/mol. The lowest BCUT2D eigenvalue weighted by molar-refractivity contribution is -0.150. The number of rotatable bonds is 11. The minimum Gasteiger partial charge on any atom is -0.481 e. The quantitative estimate of drug-likeness (QED) is 0.0901. The van der Waals surface area contributed by atoms with E-state index in [2.05, 4.69) is 11.6 Å². The Kier molecular flexibility index (Phi) is 10.6. The van der Waals surface area contributed by atoms with Crippen LogP contribution in [-0.4, -0.2) is 64.1 Å². The van der Waals surface area contributed by atoms with Crippen LogP contribution < -0.4 is 5.73 Å². The maximum atomic E-state index is 15.7. The molecule has 14 heteroatoms.